The molecule has 0 aliphatic carbocycles. The van der Waals surface area contributed by atoms with E-state index in [4.69, 9.17) is 14.2 Å². The van der Waals surface area contributed by atoms with E-state index in [-0.39, 0.29) is 31.1 Å². The molecule has 0 N–H and O–H groups in total. The summed E-state index contributed by atoms with van der Waals surface area (Å²) in [7, 11) is 0. The Labute approximate surface area is 367 Å². The molecular formula is C53H100O6. The van der Waals surface area contributed by atoms with Gasteiger partial charge in [0.2, 0.25) is 0 Å². The van der Waals surface area contributed by atoms with Crippen molar-refractivity contribution >= 4 is 17.9 Å². The topological polar surface area (TPSA) is 78.9 Å². The lowest BCUT2D eigenvalue weighted by Crippen LogP contribution is -2.30. The highest BCUT2D eigenvalue weighted by atomic mass is 16.6. The summed E-state index contributed by atoms with van der Waals surface area (Å²) in [5.74, 6) is -0.862. The molecule has 6 heteroatoms. The molecule has 0 rings (SSSR count). The summed E-state index contributed by atoms with van der Waals surface area (Å²) in [6.07, 6.45) is 53.4. The predicted octanol–water partition coefficient (Wildman–Crippen LogP) is 17.0. The lowest BCUT2D eigenvalue weighted by molar-refractivity contribution is -0.167. The van der Waals surface area contributed by atoms with Gasteiger partial charge in [-0.2, -0.15) is 0 Å². The van der Waals surface area contributed by atoms with Crippen molar-refractivity contribution in [2.45, 2.75) is 297 Å². The summed E-state index contributed by atoms with van der Waals surface area (Å²) in [6.45, 7) is 6.65. The Balaban J connectivity index is 4.28. The molecule has 0 saturated heterocycles. The average Bonchev–Trinajstić information content (AvgIpc) is 3.23. The van der Waals surface area contributed by atoms with Crippen LogP contribution in [0.1, 0.15) is 290 Å². The van der Waals surface area contributed by atoms with E-state index in [1.54, 1.807) is 0 Å². The van der Waals surface area contributed by atoms with Crippen molar-refractivity contribution in [2.75, 3.05) is 13.2 Å². The molecule has 0 aromatic carbocycles. The number of hydrogen-bond donors (Lipinski definition) is 0. The Hall–Kier alpha value is -1.85. The van der Waals surface area contributed by atoms with E-state index in [2.05, 4.69) is 32.9 Å². The molecule has 0 spiro atoms. The third-order valence-electron chi connectivity index (χ3n) is 11.8. The van der Waals surface area contributed by atoms with Crippen molar-refractivity contribution in [3.05, 3.63) is 12.2 Å². The summed E-state index contributed by atoms with van der Waals surface area (Å²) in [4.78, 5) is 37.9. The molecule has 0 aliphatic rings. The molecule has 0 aromatic rings. The summed E-state index contributed by atoms with van der Waals surface area (Å²) >= 11 is 0. The normalized spacial score (nSPS) is 12.0. The molecule has 6 nitrogen and oxygen atoms in total. The largest absolute Gasteiger partial charge is 0.462 e. The lowest BCUT2D eigenvalue weighted by Gasteiger charge is -2.18. The zero-order chi connectivity index (χ0) is 43.0. The second-order valence-corrected chi connectivity index (χ2v) is 17.8. The fourth-order valence-corrected chi connectivity index (χ4v) is 7.79. The van der Waals surface area contributed by atoms with Gasteiger partial charge in [0.1, 0.15) is 13.2 Å². The number of carbonyl (C=O) groups excluding carboxylic acids is 3. The molecule has 0 amide bonds. The van der Waals surface area contributed by atoms with E-state index in [1.807, 2.05) is 0 Å². The first-order valence-electron chi connectivity index (χ1n) is 26.2. The van der Waals surface area contributed by atoms with Crippen LogP contribution >= 0.6 is 0 Å². The van der Waals surface area contributed by atoms with Gasteiger partial charge in [0, 0.05) is 19.3 Å². The zero-order valence-electron chi connectivity index (χ0n) is 39.8. The van der Waals surface area contributed by atoms with Crippen LogP contribution in [0.3, 0.4) is 0 Å². The van der Waals surface area contributed by atoms with Gasteiger partial charge in [-0.05, 0) is 44.9 Å². The monoisotopic (exact) mass is 833 g/mol. The molecule has 59 heavy (non-hydrogen) atoms. The second-order valence-electron chi connectivity index (χ2n) is 17.8. The minimum absolute atomic E-state index is 0.0677. The van der Waals surface area contributed by atoms with E-state index in [9.17, 15) is 14.4 Å². The molecule has 0 heterocycles. The van der Waals surface area contributed by atoms with Gasteiger partial charge in [-0.1, -0.05) is 238 Å². The van der Waals surface area contributed by atoms with E-state index < -0.39 is 6.10 Å². The number of rotatable bonds is 48. The number of carbonyl (C=O) groups is 3. The fraction of sp³-hybridized carbons (Fsp3) is 0.906. The molecule has 0 saturated carbocycles. The fourth-order valence-electron chi connectivity index (χ4n) is 7.79. The Morgan fingerprint density at radius 1 is 0.322 bits per heavy atom. The van der Waals surface area contributed by atoms with Crippen molar-refractivity contribution in [1.29, 1.82) is 0 Å². The maximum absolute atomic E-state index is 12.8. The average molecular weight is 833 g/mol. The van der Waals surface area contributed by atoms with Crippen LogP contribution in [0.4, 0.5) is 0 Å². The highest BCUT2D eigenvalue weighted by Crippen LogP contribution is 2.16. The van der Waals surface area contributed by atoms with Crippen LogP contribution in [0.15, 0.2) is 12.2 Å². The number of allylic oxidation sites excluding steroid dienone is 2. The Morgan fingerprint density at radius 3 is 0.847 bits per heavy atom. The van der Waals surface area contributed by atoms with Gasteiger partial charge in [-0.3, -0.25) is 14.4 Å². The summed E-state index contributed by atoms with van der Waals surface area (Å²) < 4.78 is 16.8. The zero-order valence-corrected chi connectivity index (χ0v) is 39.8. The number of ether oxygens (including phenoxy) is 3. The van der Waals surface area contributed by atoms with Crippen LogP contribution in [-0.2, 0) is 28.6 Å². The Morgan fingerprint density at radius 2 is 0.559 bits per heavy atom. The summed E-state index contributed by atoms with van der Waals surface area (Å²) in [5, 5.41) is 0. The van der Waals surface area contributed by atoms with Gasteiger partial charge in [0.05, 0.1) is 0 Å². The highest BCUT2D eigenvalue weighted by Gasteiger charge is 2.19. The highest BCUT2D eigenvalue weighted by molar-refractivity contribution is 5.71. The predicted molar refractivity (Wildman–Crippen MR) is 252 cm³/mol. The molecule has 0 radical (unpaired) electrons. The molecule has 0 aromatic heterocycles. The molecule has 348 valence electrons. The summed E-state index contributed by atoms with van der Waals surface area (Å²) in [6, 6.07) is 0. The molecule has 0 fully saturated rings. The molecule has 1 unspecified atom stereocenters. The van der Waals surface area contributed by atoms with Crippen molar-refractivity contribution in [1.82, 2.24) is 0 Å². The van der Waals surface area contributed by atoms with E-state index in [0.717, 1.165) is 64.2 Å². The first kappa shape index (κ1) is 57.1. The van der Waals surface area contributed by atoms with Gasteiger partial charge < -0.3 is 14.2 Å². The maximum atomic E-state index is 12.8. The smallest absolute Gasteiger partial charge is 0.306 e. The van der Waals surface area contributed by atoms with Crippen LogP contribution in [0.25, 0.3) is 0 Å². The van der Waals surface area contributed by atoms with E-state index >= 15 is 0 Å². The van der Waals surface area contributed by atoms with E-state index in [0.29, 0.717) is 19.3 Å². The molecule has 0 aliphatic heterocycles. The van der Waals surface area contributed by atoms with Gasteiger partial charge in [0.25, 0.3) is 0 Å². The SMILES string of the molecule is CCCCCCCCC/C=C\CCCCCCCC(=O)OCC(COC(=O)CCCCCCCCCCC)OC(=O)CCCCCCCCCCCCCCCCCC. The van der Waals surface area contributed by atoms with Gasteiger partial charge in [-0.25, -0.2) is 0 Å². The molecule has 0 bridgehead atoms. The van der Waals surface area contributed by atoms with Crippen LogP contribution < -0.4 is 0 Å². The number of esters is 3. The number of unbranched alkanes of at least 4 members (excludes halogenated alkanes) is 35. The Kier molecular flexibility index (Phi) is 47.3. The van der Waals surface area contributed by atoms with Crippen molar-refractivity contribution < 1.29 is 28.6 Å². The minimum Gasteiger partial charge on any atom is -0.462 e. The van der Waals surface area contributed by atoms with Crippen molar-refractivity contribution in [2.24, 2.45) is 0 Å². The number of hydrogen-bond acceptors (Lipinski definition) is 6. The maximum Gasteiger partial charge on any atom is 0.306 e. The Bertz CT molecular complexity index is 916. The lowest BCUT2D eigenvalue weighted by atomic mass is 10.0. The van der Waals surface area contributed by atoms with Gasteiger partial charge >= 0.3 is 17.9 Å². The standard InChI is InChI=1S/C53H100O6/c1-4-7-10-13-16-19-21-23-25-27-29-31-34-37-40-43-46-52(55)58-49-50(48-57-51(54)45-42-39-36-33-18-15-12-9-6-3)59-53(56)47-44-41-38-35-32-30-28-26-24-22-20-17-14-11-8-5-2/h25,27,50H,4-24,26,28-49H2,1-3H3/b27-25-. The summed E-state index contributed by atoms with van der Waals surface area (Å²) in [5.41, 5.74) is 0. The van der Waals surface area contributed by atoms with Gasteiger partial charge in [-0.15, -0.1) is 0 Å². The minimum atomic E-state index is -0.765. The van der Waals surface area contributed by atoms with E-state index in [1.165, 1.54) is 186 Å². The van der Waals surface area contributed by atoms with Crippen LogP contribution in [-0.4, -0.2) is 37.2 Å². The van der Waals surface area contributed by atoms with Crippen molar-refractivity contribution in [3.63, 3.8) is 0 Å². The first-order chi connectivity index (χ1) is 29.0. The quantitative estimate of drug-likeness (QED) is 0.0263. The third kappa shape index (κ3) is 47.1. The van der Waals surface area contributed by atoms with Gasteiger partial charge in [0.15, 0.2) is 6.10 Å². The van der Waals surface area contributed by atoms with Crippen LogP contribution in [0.2, 0.25) is 0 Å². The first-order valence-corrected chi connectivity index (χ1v) is 26.2. The molecular weight excluding hydrogens is 733 g/mol. The van der Waals surface area contributed by atoms with Crippen LogP contribution in [0.5, 0.6) is 0 Å². The van der Waals surface area contributed by atoms with Crippen LogP contribution in [0, 0.1) is 0 Å². The van der Waals surface area contributed by atoms with Crippen molar-refractivity contribution in [3.8, 4) is 0 Å². The molecule has 1 atom stereocenters. The third-order valence-corrected chi connectivity index (χ3v) is 11.8. The second kappa shape index (κ2) is 48.8.